The number of halogens is 1. The fourth-order valence-electron chi connectivity index (χ4n) is 3.99. The number of fused-ring (bicyclic) bond motifs is 1. The molecule has 1 unspecified atom stereocenters. The van der Waals surface area contributed by atoms with Gasteiger partial charge in [-0.25, -0.2) is 8.42 Å². The van der Waals surface area contributed by atoms with E-state index < -0.39 is 21.8 Å². The Morgan fingerprint density at radius 1 is 1.09 bits per heavy atom. The monoisotopic (exact) mass is 514 g/mol. The molecule has 0 N–H and O–H groups in total. The number of rotatable bonds is 5. The summed E-state index contributed by atoms with van der Waals surface area (Å²) >= 11 is 3.26. The number of carbonyl (C=O) groups excluding carboxylic acids is 1. The van der Waals surface area contributed by atoms with E-state index in [9.17, 15) is 13.2 Å². The lowest BCUT2D eigenvalue weighted by atomic mass is 10.1. The molecule has 0 bridgehead atoms. The van der Waals surface area contributed by atoms with Crippen LogP contribution in [0.25, 0.3) is 22.1 Å². The van der Waals surface area contributed by atoms with Gasteiger partial charge in [-0.2, -0.15) is 0 Å². The van der Waals surface area contributed by atoms with Gasteiger partial charge in [0.2, 0.25) is 0 Å². The van der Waals surface area contributed by atoms with Crippen molar-refractivity contribution < 1.29 is 22.2 Å². The van der Waals surface area contributed by atoms with Crippen molar-refractivity contribution >= 4 is 42.4 Å². The van der Waals surface area contributed by atoms with Gasteiger partial charge in [-0.15, -0.1) is 0 Å². The van der Waals surface area contributed by atoms with Crippen LogP contribution >= 0.6 is 15.9 Å². The number of hydrogen-bond acceptors (Lipinski definition) is 6. The van der Waals surface area contributed by atoms with E-state index in [-0.39, 0.29) is 23.7 Å². The molecule has 1 atom stereocenters. The van der Waals surface area contributed by atoms with E-state index in [4.69, 9.17) is 8.94 Å². The van der Waals surface area contributed by atoms with Gasteiger partial charge in [0.15, 0.2) is 26.0 Å². The van der Waals surface area contributed by atoms with Crippen LogP contribution in [0.1, 0.15) is 22.7 Å². The Kier molecular flexibility index (Phi) is 5.38. The highest BCUT2D eigenvalue weighted by Crippen LogP contribution is 2.28. The summed E-state index contributed by atoms with van der Waals surface area (Å²) in [7, 11) is -3.18. The standard InChI is InChI=1S/C23H19BrN2O5S/c24-22-8-7-19(30-22)13-26(18-9-10-32(28,29)14-18)23(27)20-12-21(31-25-20)17-6-5-15-3-1-2-4-16(15)11-17/h1-8,11-12,18H,9-10,13-14H2. The highest BCUT2D eigenvalue weighted by molar-refractivity contribution is 9.10. The number of benzene rings is 2. The molecule has 4 aromatic rings. The summed E-state index contributed by atoms with van der Waals surface area (Å²) in [5.41, 5.74) is 0.934. The molecular weight excluding hydrogens is 496 g/mol. The molecule has 3 heterocycles. The zero-order valence-electron chi connectivity index (χ0n) is 16.9. The summed E-state index contributed by atoms with van der Waals surface area (Å²) in [6.45, 7) is 0.142. The second kappa shape index (κ2) is 8.22. The Labute approximate surface area is 193 Å². The molecule has 9 heteroatoms. The van der Waals surface area contributed by atoms with Gasteiger partial charge in [0.1, 0.15) is 5.76 Å². The van der Waals surface area contributed by atoms with Crippen LogP contribution in [0.2, 0.25) is 0 Å². The van der Waals surface area contributed by atoms with E-state index in [2.05, 4.69) is 21.1 Å². The molecule has 32 heavy (non-hydrogen) atoms. The quantitative estimate of drug-likeness (QED) is 0.383. The molecule has 164 valence electrons. The number of nitrogens with zero attached hydrogens (tertiary/aromatic N) is 2. The minimum Gasteiger partial charge on any atom is -0.452 e. The van der Waals surface area contributed by atoms with Crippen molar-refractivity contribution in [2.24, 2.45) is 0 Å². The normalized spacial score (nSPS) is 17.6. The molecule has 1 fully saturated rings. The van der Waals surface area contributed by atoms with Crippen LogP contribution in [-0.2, 0) is 16.4 Å². The molecule has 1 aliphatic heterocycles. The predicted molar refractivity (Wildman–Crippen MR) is 123 cm³/mol. The SMILES string of the molecule is O=C(c1cc(-c2ccc3ccccc3c2)on1)N(Cc1ccc(Br)o1)C1CCS(=O)(=O)C1. The van der Waals surface area contributed by atoms with Gasteiger partial charge in [0.25, 0.3) is 5.91 Å². The lowest BCUT2D eigenvalue weighted by molar-refractivity contribution is 0.0655. The molecule has 5 rings (SSSR count). The van der Waals surface area contributed by atoms with Gasteiger partial charge in [0, 0.05) is 17.7 Å². The maximum Gasteiger partial charge on any atom is 0.276 e. The molecule has 1 amide bonds. The first-order valence-electron chi connectivity index (χ1n) is 10.1. The zero-order chi connectivity index (χ0) is 22.3. The number of sulfone groups is 1. The van der Waals surface area contributed by atoms with Crippen LogP contribution in [-0.4, -0.2) is 41.9 Å². The second-order valence-corrected chi connectivity index (χ2v) is 10.8. The maximum absolute atomic E-state index is 13.4. The van der Waals surface area contributed by atoms with Crippen molar-refractivity contribution in [1.82, 2.24) is 10.1 Å². The molecule has 0 saturated carbocycles. The summed E-state index contributed by atoms with van der Waals surface area (Å²) in [4.78, 5) is 14.9. The van der Waals surface area contributed by atoms with E-state index in [1.54, 1.807) is 18.2 Å². The van der Waals surface area contributed by atoms with Crippen molar-refractivity contribution in [3.8, 4) is 11.3 Å². The fraction of sp³-hybridized carbons (Fsp3) is 0.217. The minimum atomic E-state index is -3.18. The maximum atomic E-state index is 13.4. The van der Waals surface area contributed by atoms with E-state index in [1.165, 1.54) is 4.90 Å². The lowest BCUT2D eigenvalue weighted by Gasteiger charge is -2.26. The summed E-state index contributed by atoms with van der Waals surface area (Å²) in [5.74, 6) is 0.613. The molecule has 1 saturated heterocycles. The summed E-state index contributed by atoms with van der Waals surface area (Å²) in [6.07, 6.45) is 0.380. The first-order valence-corrected chi connectivity index (χ1v) is 12.7. The first kappa shape index (κ1) is 21.0. The van der Waals surface area contributed by atoms with E-state index >= 15 is 0 Å². The summed E-state index contributed by atoms with van der Waals surface area (Å²) in [6, 6.07) is 18.5. The van der Waals surface area contributed by atoms with E-state index in [0.717, 1.165) is 16.3 Å². The van der Waals surface area contributed by atoms with Gasteiger partial charge in [0.05, 0.1) is 18.1 Å². The highest BCUT2D eigenvalue weighted by atomic mass is 79.9. The molecule has 0 aliphatic carbocycles. The average molecular weight is 515 g/mol. The minimum absolute atomic E-state index is 0.0600. The third-order valence-corrected chi connectivity index (χ3v) is 7.80. The topological polar surface area (TPSA) is 93.6 Å². The second-order valence-electron chi connectivity index (χ2n) is 7.83. The number of hydrogen-bond donors (Lipinski definition) is 0. The average Bonchev–Trinajstić information content (AvgIpc) is 3.51. The Bertz CT molecular complexity index is 1410. The zero-order valence-corrected chi connectivity index (χ0v) is 19.3. The number of carbonyl (C=O) groups is 1. The Morgan fingerprint density at radius 2 is 1.91 bits per heavy atom. The Hall–Kier alpha value is -2.91. The van der Waals surface area contributed by atoms with Crippen LogP contribution in [0.15, 0.2) is 74.3 Å². The molecule has 7 nitrogen and oxygen atoms in total. The molecule has 2 aromatic carbocycles. The van der Waals surface area contributed by atoms with Crippen LogP contribution in [0.3, 0.4) is 0 Å². The third-order valence-electron chi connectivity index (χ3n) is 5.63. The van der Waals surface area contributed by atoms with Crippen molar-refractivity contribution in [2.75, 3.05) is 11.5 Å². The number of amides is 1. The van der Waals surface area contributed by atoms with Crippen LogP contribution < -0.4 is 0 Å². The van der Waals surface area contributed by atoms with Crippen molar-refractivity contribution in [2.45, 2.75) is 19.0 Å². The molecule has 0 radical (unpaired) electrons. The summed E-state index contributed by atoms with van der Waals surface area (Å²) in [5, 5.41) is 6.15. The van der Waals surface area contributed by atoms with Crippen molar-refractivity contribution in [3.05, 3.63) is 76.8 Å². The van der Waals surface area contributed by atoms with Crippen molar-refractivity contribution in [1.29, 1.82) is 0 Å². The predicted octanol–water partition coefficient (Wildman–Crippen LogP) is 4.68. The van der Waals surface area contributed by atoms with E-state index in [0.29, 0.717) is 22.6 Å². The molecule has 1 aliphatic rings. The van der Waals surface area contributed by atoms with Crippen molar-refractivity contribution in [3.63, 3.8) is 0 Å². The third kappa shape index (κ3) is 4.22. The summed E-state index contributed by atoms with van der Waals surface area (Å²) < 4.78 is 35.7. The fourth-order valence-corrected chi connectivity index (χ4v) is 6.07. The van der Waals surface area contributed by atoms with Crippen LogP contribution in [0.5, 0.6) is 0 Å². The van der Waals surface area contributed by atoms with Gasteiger partial charge < -0.3 is 13.8 Å². The van der Waals surface area contributed by atoms with E-state index in [1.807, 2.05) is 42.5 Å². The first-order chi connectivity index (χ1) is 15.4. The van der Waals surface area contributed by atoms with Gasteiger partial charge in [-0.1, -0.05) is 41.6 Å². The largest absolute Gasteiger partial charge is 0.452 e. The van der Waals surface area contributed by atoms with Crippen LogP contribution in [0.4, 0.5) is 0 Å². The lowest BCUT2D eigenvalue weighted by Crippen LogP contribution is -2.40. The number of aromatic nitrogens is 1. The number of furan rings is 1. The van der Waals surface area contributed by atoms with Gasteiger partial charge in [-0.3, -0.25) is 4.79 Å². The highest BCUT2D eigenvalue weighted by Gasteiger charge is 2.36. The molecule has 0 spiro atoms. The molecule has 2 aromatic heterocycles. The Balaban J connectivity index is 1.44. The Morgan fingerprint density at radius 3 is 2.62 bits per heavy atom. The smallest absolute Gasteiger partial charge is 0.276 e. The van der Waals surface area contributed by atoms with Gasteiger partial charge in [-0.05, 0) is 51.3 Å². The van der Waals surface area contributed by atoms with Crippen LogP contribution in [0, 0.1) is 0 Å². The molecular formula is C23H19BrN2O5S. The van der Waals surface area contributed by atoms with Gasteiger partial charge >= 0.3 is 0 Å².